The summed E-state index contributed by atoms with van der Waals surface area (Å²) < 4.78 is 0.757. The van der Waals surface area contributed by atoms with Crippen molar-refractivity contribution in [3.05, 3.63) is 28.2 Å². The number of nitrogens with one attached hydrogen (secondary N) is 1. The lowest BCUT2D eigenvalue weighted by atomic mass is 10.00. The van der Waals surface area contributed by atoms with E-state index in [9.17, 15) is 14.7 Å². The smallest absolute Gasteiger partial charge is 0.346 e. The second kappa shape index (κ2) is 5.24. The fourth-order valence-electron chi connectivity index (χ4n) is 1.76. The summed E-state index contributed by atoms with van der Waals surface area (Å²) in [4.78, 5) is 23.8. The second-order valence-electron chi connectivity index (χ2n) is 4.68. The number of benzene rings is 1. The summed E-state index contributed by atoms with van der Waals surface area (Å²) in [6, 6.07) is 4.24. The van der Waals surface area contributed by atoms with Gasteiger partial charge in [0, 0.05) is 10.0 Å². The molecule has 1 unspecified atom stereocenters. The Morgan fingerprint density at radius 1 is 1.50 bits per heavy atom. The SMILES string of the molecule is CCC1(C)NC(=O)N(N=Cc2cc(Br)ccc2O)C1=O. The number of hydrogen-bond donors (Lipinski definition) is 2. The van der Waals surface area contributed by atoms with Gasteiger partial charge in [-0.25, -0.2) is 4.79 Å². The monoisotopic (exact) mass is 339 g/mol. The summed E-state index contributed by atoms with van der Waals surface area (Å²) >= 11 is 3.27. The molecule has 1 heterocycles. The Labute approximate surface area is 124 Å². The number of hydrogen-bond acceptors (Lipinski definition) is 4. The molecular formula is C13H14BrN3O3. The number of amides is 3. The van der Waals surface area contributed by atoms with Gasteiger partial charge in [0.2, 0.25) is 0 Å². The topological polar surface area (TPSA) is 82.0 Å². The van der Waals surface area contributed by atoms with Crippen molar-refractivity contribution >= 4 is 34.1 Å². The maximum absolute atomic E-state index is 12.1. The Morgan fingerprint density at radius 3 is 2.80 bits per heavy atom. The third-order valence-electron chi connectivity index (χ3n) is 3.25. The van der Waals surface area contributed by atoms with Crippen molar-refractivity contribution < 1.29 is 14.7 Å². The molecule has 20 heavy (non-hydrogen) atoms. The Kier molecular flexibility index (Phi) is 3.80. The summed E-state index contributed by atoms with van der Waals surface area (Å²) in [5.41, 5.74) is -0.515. The predicted molar refractivity (Wildman–Crippen MR) is 77.5 cm³/mol. The van der Waals surface area contributed by atoms with E-state index in [2.05, 4.69) is 26.3 Å². The zero-order chi connectivity index (χ0) is 14.9. The van der Waals surface area contributed by atoms with Gasteiger partial charge in [0.15, 0.2) is 0 Å². The van der Waals surface area contributed by atoms with E-state index in [-0.39, 0.29) is 5.75 Å². The quantitative estimate of drug-likeness (QED) is 0.654. The largest absolute Gasteiger partial charge is 0.507 e. The molecule has 1 fully saturated rings. The fourth-order valence-corrected chi connectivity index (χ4v) is 2.14. The number of phenolic OH excluding ortho intramolecular Hbond substituents is 1. The van der Waals surface area contributed by atoms with Crippen LogP contribution in [0.1, 0.15) is 25.8 Å². The van der Waals surface area contributed by atoms with E-state index in [0.717, 1.165) is 9.48 Å². The number of hydrazone groups is 1. The van der Waals surface area contributed by atoms with Gasteiger partial charge in [0.25, 0.3) is 5.91 Å². The molecule has 1 aromatic rings. The molecule has 0 aliphatic carbocycles. The van der Waals surface area contributed by atoms with Gasteiger partial charge in [-0.1, -0.05) is 22.9 Å². The van der Waals surface area contributed by atoms with E-state index in [1.807, 2.05) is 6.92 Å². The molecule has 2 N–H and O–H groups in total. The van der Waals surface area contributed by atoms with Crippen molar-refractivity contribution in [1.29, 1.82) is 0 Å². The van der Waals surface area contributed by atoms with Gasteiger partial charge >= 0.3 is 6.03 Å². The standard InChI is InChI=1S/C13H14BrN3O3/c1-3-13(2)11(19)17(12(20)16-13)15-7-8-6-9(14)4-5-10(8)18/h4-7,18H,3H2,1-2H3,(H,16,20). The number of aromatic hydroxyl groups is 1. The first-order valence-electron chi connectivity index (χ1n) is 6.06. The molecule has 0 aromatic heterocycles. The molecule has 3 amide bonds. The predicted octanol–water partition coefficient (Wildman–Crippen LogP) is 2.21. The van der Waals surface area contributed by atoms with Gasteiger partial charge in [-0.3, -0.25) is 4.79 Å². The maximum Gasteiger partial charge on any atom is 0.346 e. The number of urea groups is 1. The third kappa shape index (κ3) is 2.53. The molecule has 7 heteroatoms. The van der Waals surface area contributed by atoms with Crippen molar-refractivity contribution in [3.8, 4) is 5.75 Å². The van der Waals surface area contributed by atoms with E-state index in [1.54, 1.807) is 19.1 Å². The molecule has 0 spiro atoms. The highest BCUT2D eigenvalue weighted by Crippen LogP contribution is 2.23. The van der Waals surface area contributed by atoms with Crippen LogP contribution in [0.15, 0.2) is 27.8 Å². The lowest BCUT2D eigenvalue weighted by molar-refractivity contribution is -0.130. The van der Waals surface area contributed by atoms with E-state index in [4.69, 9.17) is 0 Å². The van der Waals surface area contributed by atoms with E-state index in [1.165, 1.54) is 12.3 Å². The number of imide groups is 1. The number of phenols is 1. The molecule has 106 valence electrons. The van der Waals surface area contributed by atoms with Gasteiger partial charge in [-0.2, -0.15) is 5.10 Å². The van der Waals surface area contributed by atoms with Gasteiger partial charge in [-0.15, -0.1) is 5.01 Å². The van der Waals surface area contributed by atoms with Crippen molar-refractivity contribution in [2.24, 2.45) is 5.10 Å². The van der Waals surface area contributed by atoms with Gasteiger partial charge in [-0.05, 0) is 31.5 Å². The molecule has 6 nitrogen and oxygen atoms in total. The van der Waals surface area contributed by atoms with Crippen molar-refractivity contribution in [1.82, 2.24) is 10.3 Å². The molecule has 1 saturated heterocycles. The average Bonchev–Trinajstić information content (AvgIpc) is 2.63. The van der Waals surface area contributed by atoms with Crippen LogP contribution >= 0.6 is 15.9 Å². The fraction of sp³-hybridized carbons (Fsp3) is 0.308. The minimum absolute atomic E-state index is 0.0160. The van der Waals surface area contributed by atoms with Crippen LogP contribution in [0.25, 0.3) is 0 Å². The molecule has 1 atom stereocenters. The number of carbonyl (C=O) groups is 2. The zero-order valence-electron chi connectivity index (χ0n) is 11.1. The summed E-state index contributed by atoms with van der Waals surface area (Å²) in [6.45, 7) is 3.46. The van der Waals surface area contributed by atoms with Crippen molar-refractivity contribution in [2.75, 3.05) is 0 Å². The lowest BCUT2D eigenvalue weighted by Gasteiger charge is -2.17. The second-order valence-corrected chi connectivity index (χ2v) is 5.60. The van der Waals surface area contributed by atoms with E-state index < -0.39 is 17.5 Å². The zero-order valence-corrected chi connectivity index (χ0v) is 12.6. The Bertz CT molecular complexity index is 603. The van der Waals surface area contributed by atoms with Crippen LogP contribution in [0.2, 0.25) is 0 Å². The van der Waals surface area contributed by atoms with E-state index >= 15 is 0 Å². The first-order valence-corrected chi connectivity index (χ1v) is 6.86. The van der Waals surface area contributed by atoms with Crippen LogP contribution in [-0.2, 0) is 4.79 Å². The number of nitrogens with zero attached hydrogens (tertiary/aromatic N) is 2. The summed E-state index contributed by atoms with van der Waals surface area (Å²) in [7, 11) is 0. The highest BCUT2D eigenvalue weighted by Gasteiger charge is 2.46. The van der Waals surface area contributed by atoms with Gasteiger partial charge < -0.3 is 10.4 Å². The first-order chi connectivity index (χ1) is 9.37. The highest BCUT2D eigenvalue weighted by atomic mass is 79.9. The summed E-state index contributed by atoms with van der Waals surface area (Å²) in [5.74, 6) is -0.391. The summed E-state index contributed by atoms with van der Waals surface area (Å²) in [5, 5.41) is 16.9. The van der Waals surface area contributed by atoms with Crippen LogP contribution in [-0.4, -0.2) is 33.8 Å². The number of carbonyl (C=O) groups excluding carboxylic acids is 2. The third-order valence-corrected chi connectivity index (χ3v) is 3.74. The molecular weight excluding hydrogens is 326 g/mol. The molecule has 1 aliphatic rings. The van der Waals surface area contributed by atoms with Gasteiger partial charge in [0.1, 0.15) is 11.3 Å². The van der Waals surface area contributed by atoms with Crippen molar-refractivity contribution in [3.63, 3.8) is 0 Å². The van der Waals surface area contributed by atoms with Crippen LogP contribution in [0.4, 0.5) is 4.79 Å². The molecule has 2 rings (SSSR count). The first kappa shape index (κ1) is 14.5. The summed E-state index contributed by atoms with van der Waals surface area (Å²) in [6.07, 6.45) is 1.75. The molecule has 1 aromatic carbocycles. The Hall–Kier alpha value is -1.89. The molecule has 0 bridgehead atoms. The molecule has 1 aliphatic heterocycles. The Balaban J connectivity index is 2.26. The highest BCUT2D eigenvalue weighted by molar-refractivity contribution is 9.10. The van der Waals surface area contributed by atoms with Crippen molar-refractivity contribution in [2.45, 2.75) is 25.8 Å². The van der Waals surface area contributed by atoms with Crippen LogP contribution < -0.4 is 5.32 Å². The molecule has 0 saturated carbocycles. The lowest BCUT2D eigenvalue weighted by Crippen LogP contribution is -2.42. The number of halogens is 1. The normalized spacial score (nSPS) is 22.6. The maximum atomic E-state index is 12.1. The van der Waals surface area contributed by atoms with E-state index in [0.29, 0.717) is 12.0 Å². The molecule has 0 radical (unpaired) electrons. The van der Waals surface area contributed by atoms with Crippen LogP contribution in [0.3, 0.4) is 0 Å². The van der Waals surface area contributed by atoms with Gasteiger partial charge in [0.05, 0.1) is 6.21 Å². The minimum atomic E-state index is -0.923. The van der Waals surface area contributed by atoms with Crippen LogP contribution in [0.5, 0.6) is 5.75 Å². The minimum Gasteiger partial charge on any atom is -0.507 e. The van der Waals surface area contributed by atoms with Crippen LogP contribution in [0, 0.1) is 0 Å². The average molecular weight is 340 g/mol. The number of rotatable bonds is 3. The Morgan fingerprint density at radius 2 is 2.20 bits per heavy atom.